The standard InChI is InChI=1S/C27H17NO/c1-2-8-20-18(7-1)15-16-28-27(20)19-13-14-24-22-10-4-3-9-21(22)23-11-5-6-12-25(23)29-26(24)17-19/h1-17H. The Kier molecular flexibility index (Phi) is 3.50. The van der Waals surface area contributed by atoms with Gasteiger partial charge in [0.1, 0.15) is 11.5 Å². The molecule has 5 aromatic rings. The third-order valence-corrected chi connectivity index (χ3v) is 5.54. The van der Waals surface area contributed by atoms with E-state index in [2.05, 4.69) is 83.8 Å². The molecule has 136 valence electrons. The molecule has 29 heavy (non-hydrogen) atoms. The summed E-state index contributed by atoms with van der Waals surface area (Å²) in [5, 5.41) is 2.33. The Morgan fingerprint density at radius 3 is 2.10 bits per heavy atom. The average molecular weight is 371 g/mol. The number of para-hydroxylation sites is 1. The maximum Gasteiger partial charge on any atom is 0.135 e. The average Bonchev–Trinajstić information content (AvgIpc) is 2.93. The lowest BCUT2D eigenvalue weighted by Crippen LogP contribution is -1.90. The Bertz CT molecular complexity index is 1380. The molecule has 1 aliphatic rings. The van der Waals surface area contributed by atoms with Crippen molar-refractivity contribution in [3.8, 4) is 45.0 Å². The molecule has 0 saturated carbocycles. The lowest BCUT2D eigenvalue weighted by molar-refractivity contribution is 0.488. The van der Waals surface area contributed by atoms with Crippen molar-refractivity contribution >= 4 is 10.8 Å². The monoisotopic (exact) mass is 371 g/mol. The molecule has 0 fully saturated rings. The normalized spacial score (nSPS) is 11.7. The molecule has 0 atom stereocenters. The van der Waals surface area contributed by atoms with Crippen LogP contribution in [0.4, 0.5) is 0 Å². The number of benzene rings is 4. The Hall–Kier alpha value is -3.91. The van der Waals surface area contributed by atoms with E-state index in [0.29, 0.717) is 0 Å². The summed E-state index contributed by atoms with van der Waals surface area (Å²) in [7, 11) is 0. The fraction of sp³-hybridized carbons (Fsp3) is 0. The molecule has 2 heterocycles. The molecular weight excluding hydrogens is 354 g/mol. The largest absolute Gasteiger partial charge is 0.456 e. The van der Waals surface area contributed by atoms with Gasteiger partial charge >= 0.3 is 0 Å². The minimum absolute atomic E-state index is 0.856. The Labute approximate surface area is 169 Å². The van der Waals surface area contributed by atoms with Gasteiger partial charge in [-0.05, 0) is 40.8 Å². The lowest BCUT2D eigenvalue weighted by atomic mass is 9.93. The fourth-order valence-electron chi connectivity index (χ4n) is 4.18. The van der Waals surface area contributed by atoms with Crippen LogP contribution < -0.4 is 4.74 Å². The first kappa shape index (κ1) is 16.1. The molecule has 1 aromatic heterocycles. The third kappa shape index (κ3) is 2.54. The summed E-state index contributed by atoms with van der Waals surface area (Å²) in [6, 6.07) is 33.5. The van der Waals surface area contributed by atoms with Crippen molar-refractivity contribution in [2.75, 3.05) is 0 Å². The zero-order chi connectivity index (χ0) is 19.2. The van der Waals surface area contributed by atoms with Crippen molar-refractivity contribution in [1.82, 2.24) is 4.98 Å². The maximum absolute atomic E-state index is 6.43. The summed E-state index contributed by atoms with van der Waals surface area (Å²) in [6.07, 6.45) is 1.87. The highest BCUT2D eigenvalue weighted by Crippen LogP contribution is 2.47. The van der Waals surface area contributed by atoms with Gasteiger partial charge in [-0.1, -0.05) is 72.8 Å². The highest BCUT2D eigenvalue weighted by Gasteiger charge is 2.21. The molecule has 4 aromatic carbocycles. The van der Waals surface area contributed by atoms with E-state index in [1.165, 1.54) is 16.5 Å². The number of rotatable bonds is 1. The van der Waals surface area contributed by atoms with E-state index in [4.69, 9.17) is 4.74 Å². The Balaban J connectivity index is 1.60. The number of aromatic nitrogens is 1. The predicted molar refractivity (Wildman–Crippen MR) is 118 cm³/mol. The van der Waals surface area contributed by atoms with Crippen molar-refractivity contribution in [2.45, 2.75) is 0 Å². The summed E-state index contributed by atoms with van der Waals surface area (Å²) >= 11 is 0. The van der Waals surface area contributed by atoms with Crippen LogP contribution in [-0.2, 0) is 0 Å². The topological polar surface area (TPSA) is 22.1 Å². The van der Waals surface area contributed by atoms with Crippen LogP contribution in [0.1, 0.15) is 0 Å². The van der Waals surface area contributed by atoms with Crippen LogP contribution in [0.25, 0.3) is 44.3 Å². The highest BCUT2D eigenvalue weighted by atomic mass is 16.5. The van der Waals surface area contributed by atoms with Crippen molar-refractivity contribution in [1.29, 1.82) is 0 Å². The first-order valence-corrected chi connectivity index (χ1v) is 9.73. The van der Waals surface area contributed by atoms with E-state index in [1.807, 2.05) is 24.4 Å². The van der Waals surface area contributed by atoms with Gasteiger partial charge in [-0.15, -0.1) is 0 Å². The SMILES string of the molecule is c1ccc2c(c1)Oc1cc(-c3nccc4ccccc34)ccc1-c1ccccc1-2. The van der Waals surface area contributed by atoms with E-state index in [-0.39, 0.29) is 0 Å². The van der Waals surface area contributed by atoms with Gasteiger partial charge in [-0.2, -0.15) is 0 Å². The van der Waals surface area contributed by atoms with Gasteiger partial charge in [0.25, 0.3) is 0 Å². The third-order valence-electron chi connectivity index (χ3n) is 5.54. The number of pyridine rings is 1. The molecule has 0 spiro atoms. The molecule has 2 nitrogen and oxygen atoms in total. The van der Waals surface area contributed by atoms with Crippen molar-refractivity contribution in [2.24, 2.45) is 0 Å². The van der Waals surface area contributed by atoms with Crippen LogP contribution in [0.3, 0.4) is 0 Å². The number of ether oxygens (including phenoxy) is 1. The van der Waals surface area contributed by atoms with E-state index in [9.17, 15) is 0 Å². The Morgan fingerprint density at radius 2 is 1.24 bits per heavy atom. The predicted octanol–water partition coefficient (Wildman–Crippen LogP) is 7.34. The molecule has 0 unspecified atom stereocenters. The van der Waals surface area contributed by atoms with Crippen molar-refractivity contribution in [3.05, 3.63) is 103 Å². The maximum atomic E-state index is 6.43. The molecule has 0 N–H and O–H groups in total. The highest BCUT2D eigenvalue weighted by molar-refractivity contribution is 5.96. The van der Waals surface area contributed by atoms with Crippen molar-refractivity contribution in [3.63, 3.8) is 0 Å². The van der Waals surface area contributed by atoms with E-state index in [0.717, 1.165) is 39.3 Å². The van der Waals surface area contributed by atoms with Gasteiger partial charge in [-0.3, -0.25) is 4.98 Å². The van der Waals surface area contributed by atoms with Gasteiger partial charge in [0, 0.05) is 28.3 Å². The minimum atomic E-state index is 0.856. The molecule has 0 saturated heterocycles. The van der Waals surface area contributed by atoms with Gasteiger partial charge < -0.3 is 4.74 Å². The summed E-state index contributed by atoms with van der Waals surface area (Å²) < 4.78 is 6.43. The zero-order valence-corrected chi connectivity index (χ0v) is 15.7. The molecule has 6 rings (SSSR count). The molecule has 1 aliphatic heterocycles. The summed E-state index contributed by atoms with van der Waals surface area (Å²) in [4.78, 5) is 4.68. The van der Waals surface area contributed by atoms with Crippen LogP contribution in [0.5, 0.6) is 11.5 Å². The van der Waals surface area contributed by atoms with Crippen LogP contribution in [0.2, 0.25) is 0 Å². The number of hydrogen-bond donors (Lipinski definition) is 0. The minimum Gasteiger partial charge on any atom is -0.456 e. The number of fused-ring (bicyclic) bond motifs is 6. The van der Waals surface area contributed by atoms with Gasteiger partial charge in [0.2, 0.25) is 0 Å². The molecular formula is C27H17NO. The Morgan fingerprint density at radius 1 is 0.552 bits per heavy atom. The van der Waals surface area contributed by atoms with E-state index < -0.39 is 0 Å². The van der Waals surface area contributed by atoms with Crippen molar-refractivity contribution < 1.29 is 4.74 Å². The smallest absolute Gasteiger partial charge is 0.135 e. The van der Waals surface area contributed by atoms with E-state index >= 15 is 0 Å². The molecule has 0 radical (unpaired) electrons. The van der Waals surface area contributed by atoms with Crippen LogP contribution in [-0.4, -0.2) is 4.98 Å². The summed E-state index contributed by atoms with van der Waals surface area (Å²) in [6.45, 7) is 0. The second-order valence-electron chi connectivity index (χ2n) is 7.24. The zero-order valence-electron chi connectivity index (χ0n) is 15.7. The first-order chi connectivity index (χ1) is 14.4. The second kappa shape index (κ2) is 6.32. The van der Waals surface area contributed by atoms with Crippen LogP contribution in [0, 0.1) is 0 Å². The summed E-state index contributed by atoms with van der Waals surface area (Å²) in [5.41, 5.74) is 6.62. The molecule has 0 aliphatic carbocycles. The molecule has 0 amide bonds. The number of hydrogen-bond acceptors (Lipinski definition) is 2. The first-order valence-electron chi connectivity index (χ1n) is 9.73. The van der Waals surface area contributed by atoms with Gasteiger partial charge in [-0.25, -0.2) is 0 Å². The lowest BCUT2D eigenvalue weighted by Gasteiger charge is -2.12. The van der Waals surface area contributed by atoms with E-state index in [1.54, 1.807) is 0 Å². The van der Waals surface area contributed by atoms with Gasteiger partial charge in [0.15, 0.2) is 0 Å². The second-order valence-corrected chi connectivity index (χ2v) is 7.24. The van der Waals surface area contributed by atoms with Gasteiger partial charge in [0.05, 0.1) is 5.69 Å². The van der Waals surface area contributed by atoms with Crippen LogP contribution >= 0.6 is 0 Å². The molecule has 0 bridgehead atoms. The van der Waals surface area contributed by atoms with Crippen LogP contribution in [0.15, 0.2) is 103 Å². The number of nitrogens with zero attached hydrogens (tertiary/aromatic N) is 1. The quantitative estimate of drug-likeness (QED) is 0.302. The summed E-state index contributed by atoms with van der Waals surface area (Å²) in [5.74, 6) is 1.73. The fourth-order valence-corrected chi connectivity index (χ4v) is 4.18. The molecule has 2 heteroatoms.